The first-order chi connectivity index (χ1) is 10.8. The van der Waals surface area contributed by atoms with E-state index >= 15 is 0 Å². The first-order valence-corrected chi connectivity index (χ1v) is 7.36. The Labute approximate surface area is 136 Å². The van der Waals surface area contributed by atoms with E-state index in [4.69, 9.17) is 0 Å². The fourth-order valence-corrected chi connectivity index (χ4v) is 2.72. The van der Waals surface area contributed by atoms with Crippen molar-refractivity contribution >= 4 is 27.1 Å². The summed E-state index contributed by atoms with van der Waals surface area (Å²) in [5, 5.41) is 0. The molecule has 0 unspecified atom stereocenters. The molecule has 0 saturated heterocycles. The largest absolute Gasteiger partial charge is 0.332 e. The van der Waals surface area contributed by atoms with Crippen molar-refractivity contribution in [2.24, 2.45) is 14.1 Å². The molecule has 6 nitrogen and oxygen atoms in total. The van der Waals surface area contributed by atoms with Gasteiger partial charge in [0.05, 0.1) is 6.54 Å². The lowest BCUT2D eigenvalue weighted by Gasteiger charge is -2.09. The lowest BCUT2D eigenvalue weighted by Crippen LogP contribution is -2.39. The fourth-order valence-electron chi connectivity index (χ4n) is 2.38. The monoisotopic (exact) mass is 384 g/mol. The number of aryl methyl sites for hydroxylation is 2. The van der Waals surface area contributed by atoms with E-state index in [1.165, 1.54) is 22.2 Å². The summed E-state index contributed by atoms with van der Waals surface area (Å²) in [6.45, 7) is -0.165. The molecule has 0 fully saturated rings. The molecule has 23 heavy (non-hydrogen) atoms. The number of aromatic nitrogens is 4. The highest BCUT2D eigenvalue weighted by molar-refractivity contribution is 9.10. The van der Waals surface area contributed by atoms with Crippen LogP contribution >= 0.6 is 15.9 Å². The van der Waals surface area contributed by atoms with E-state index in [0.717, 1.165) is 16.7 Å². The molecule has 0 saturated carbocycles. The van der Waals surface area contributed by atoms with E-state index in [9.17, 15) is 18.4 Å². The highest BCUT2D eigenvalue weighted by Gasteiger charge is 2.17. The molecule has 1 aromatic carbocycles. The smallest absolute Gasteiger partial charge is 0.316 e. The first kappa shape index (κ1) is 15.6. The molecule has 0 bridgehead atoms. The lowest BCUT2D eigenvalue weighted by molar-refractivity contribution is 0.506. The van der Waals surface area contributed by atoms with Gasteiger partial charge in [0.2, 0.25) is 0 Å². The lowest BCUT2D eigenvalue weighted by atomic mass is 10.2. The molecule has 0 spiro atoms. The third-order valence-corrected chi connectivity index (χ3v) is 4.34. The van der Waals surface area contributed by atoms with Gasteiger partial charge in [-0.3, -0.25) is 13.9 Å². The average Bonchev–Trinajstić information content (AvgIpc) is 2.81. The molecule has 0 aliphatic carbocycles. The number of halogens is 3. The third kappa shape index (κ3) is 2.40. The van der Waals surface area contributed by atoms with Crippen LogP contribution in [0, 0.1) is 11.6 Å². The minimum atomic E-state index is -1.03. The molecule has 0 aliphatic heterocycles. The zero-order valence-corrected chi connectivity index (χ0v) is 13.8. The number of fused-ring (bicyclic) bond motifs is 1. The molecule has 3 rings (SSSR count). The van der Waals surface area contributed by atoms with Gasteiger partial charge in [0, 0.05) is 14.1 Å². The second-order valence-electron chi connectivity index (χ2n) is 5.09. The van der Waals surface area contributed by atoms with Gasteiger partial charge in [-0.25, -0.2) is 18.6 Å². The summed E-state index contributed by atoms with van der Waals surface area (Å²) in [5.74, 6) is -2.02. The number of imidazole rings is 1. The van der Waals surface area contributed by atoms with E-state index in [2.05, 4.69) is 20.9 Å². The highest BCUT2D eigenvalue weighted by Crippen LogP contribution is 2.14. The van der Waals surface area contributed by atoms with E-state index < -0.39 is 22.9 Å². The Bertz CT molecular complexity index is 1050. The number of rotatable bonds is 2. The second-order valence-corrected chi connectivity index (χ2v) is 5.80. The van der Waals surface area contributed by atoms with Crippen molar-refractivity contribution in [3.63, 3.8) is 0 Å². The van der Waals surface area contributed by atoms with Gasteiger partial charge in [-0.2, -0.15) is 0 Å². The summed E-state index contributed by atoms with van der Waals surface area (Å²) in [4.78, 5) is 29.1. The van der Waals surface area contributed by atoms with E-state index in [1.807, 2.05) is 0 Å². The molecule has 0 amide bonds. The number of hydrogen-bond acceptors (Lipinski definition) is 3. The number of nitrogens with zero attached hydrogens (tertiary/aromatic N) is 4. The molecule has 120 valence electrons. The minimum Gasteiger partial charge on any atom is -0.316 e. The van der Waals surface area contributed by atoms with Crippen LogP contribution in [-0.2, 0) is 20.6 Å². The topological polar surface area (TPSA) is 61.8 Å². The maximum absolute atomic E-state index is 13.3. The van der Waals surface area contributed by atoms with E-state index in [1.54, 1.807) is 7.05 Å². The molecular formula is C14H11BrF2N4O2. The molecule has 0 aliphatic rings. The molecule has 9 heteroatoms. The van der Waals surface area contributed by atoms with Gasteiger partial charge in [0.25, 0.3) is 5.56 Å². The van der Waals surface area contributed by atoms with Crippen LogP contribution in [0.4, 0.5) is 8.78 Å². The van der Waals surface area contributed by atoms with Crippen LogP contribution in [0.3, 0.4) is 0 Å². The van der Waals surface area contributed by atoms with Gasteiger partial charge >= 0.3 is 5.69 Å². The summed E-state index contributed by atoms with van der Waals surface area (Å²) in [6, 6.07) is 3.25. The van der Waals surface area contributed by atoms with Crippen molar-refractivity contribution in [3.05, 3.63) is 61.0 Å². The van der Waals surface area contributed by atoms with Gasteiger partial charge in [0.1, 0.15) is 0 Å². The van der Waals surface area contributed by atoms with Crippen LogP contribution in [-0.4, -0.2) is 18.7 Å². The average molecular weight is 385 g/mol. The Morgan fingerprint density at radius 3 is 2.48 bits per heavy atom. The summed E-state index contributed by atoms with van der Waals surface area (Å²) in [5.41, 5.74) is -0.340. The first-order valence-electron chi connectivity index (χ1n) is 6.57. The van der Waals surface area contributed by atoms with Crippen molar-refractivity contribution < 1.29 is 8.78 Å². The summed E-state index contributed by atoms with van der Waals surface area (Å²) in [6.07, 6.45) is 0. The van der Waals surface area contributed by atoms with Crippen molar-refractivity contribution in [2.75, 3.05) is 0 Å². The predicted molar refractivity (Wildman–Crippen MR) is 83.4 cm³/mol. The molecule has 2 aromatic heterocycles. The van der Waals surface area contributed by atoms with Crippen LogP contribution in [0.1, 0.15) is 5.56 Å². The van der Waals surface area contributed by atoms with Gasteiger partial charge in [-0.05, 0) is 33.6 Å². The van der Waals surface area contributed by atoms with Crippen molar-refractivity contribution in [3.8, 4) is 0 Å². The van der Waals surface area contributed by atoms with Crippen molar-refractivity contribution in [1.82, 2.24) is 18.7 Å². The zero-order valence-electron chi connectivity index (χ0n) is 12.2. The molecule has 0 N–H and O–H groups in total. The Morgan fingerprint density at radius 1 is 1.13 bits per heavy atom. The Morgan fingerprint density at radius 2 is 1.83 bits per heavy atom. The third-order valence-electron chi connectivity index (χ3n) is 3.63. The SMILES string of the molecule is Cn1c(Br)nc2c1c(=O)n(Cc1ccc(F)c(F)c1)c(=O)n2C. The molecule has 2 heterocycles. The Hall–Kier alpha value is -2.29. The standard InChI is InChI=1S/C14H11BrF2N4O2/c1-19-10-11(18-13(19)15)20(2)14(23)21(12(10)22)6-7-3-4-8(16)9(17)5-7/h3-5H,6H2,1-2H3. The second kappa shape index (κ2) is 5.41. The Balaban J connectivity index is 2.25. The summed E-state index contributed by atoms with van der Waals surface area (Å²) < 4.78 is 30.4. The molecule has 3 aromatic rings. The zero-order chi connectivity index (χ0) is 16.9. The van der Waals surface area contributed by atoms with E-state index in [-0.39, 0.29) is 17.7 Å². The maximum Gasteiger partial charge on any atom is 0.332 e. The predicted octanol–water partition coefficient (Wildman–Crippen LogP) is 1.52. The molecule has 0 radical (unpaired) electrons. The fraction of sp³-hybridized carbons (Fsp3) is 0.214. The van der Waals surface area contributed by atoms with Gasteiger partial charge in [0.15, 0.2) is 27.5 Å². The highest BCUT2D eigenvalue weighted by atomic mass is 79.9. The van der Waals surface area contributed by atoms with Crippen LogP contribution in [0.5, 0.6) is 0 Å². The van der Waals surface area contributed by atoms with Crippen molar-refractivity contribution in [2.45, 2.75) is 6.54 Å². The van der Waals surface area contributed by atoms with Gasteiger partial charge in [-0.15, -0.1) is 0 Å². The van der Waals surface area contributed by atoms with Crippen LogP contribution in [0.2, 0.25) is 0 Å². The van der Waals surface area contributed by atoms with Gasteiger partial charge in [-0.1, -0.05) is 6.07 Å². The van der Waals surface area contributed by atoms with Crippen LogP contribution in [0.25, 0.3) is 11.2 Å². The summed E-state index contributed by atoms with van der Waals surface area (Å²) in [7, 11) is 3.12. The number of hydrogen-bond donors (Lipinski definition) is 0. The Kier molecular flexibility index (Phi) is 3.67. The number of benzene rings is 1. The van der Waals surface area contributed by atoms with E-state index in [0.29, 0.717) is 10.3 Å². The van der Waals surface area contributed by atoms with Crippen LogP contribution < -0.4 is 11.2 Å². The summed E-state index contributed by atoms with van der Waals surface area (Å²) >= 11 is 3.21. The van der Waals surface area contributed by atoms with Crippen molar-refractivity contribution in [1.29, 1.82) is 0 Å². The normalized spacial score (nSPS) is 11.3. The quantitative estimate of drug-likeness (QED) is 0.629. The maximum atomic E-state index is 13.3. The molecule has 0 atom stereocenters. The van der Waals surface area contributed by atoms with Crippen LogP contribution in [0.15, 0.2) is 32.5 Å². The van der Waals surface area contributed by atoms with Gasteiger partial charge < -0.3 is 4.57 Å². The molecular weight excluding hydrogens is 374 g/mol. The minimum absolute atomic E-state index is 0.165.